The highest BCUT2D eigenvalue weighted by atomic mass is 19.1. The van der Waals surface area contributed by atoms with Crippen LogP contribution in [0.1, 0.15) is 17.2 Å². The van der Waals surface area contributed by atoms with Gasteiger partial charge in [0.15, 0.2) is 0 Å². The van der Waals surface area contributed by atoms with Gasteiger partial charge in [0.2, 0.25) is 0 Å². The molecule has 2 aromatic rings. The molecule has 106 valence electrons. The van der Waals surface area contributed by atoms with Gasteiger partial charge in [-0.15, -0.1) is 0 Å². The Kier molecular flexibility index (Phi) is 5.09. The number of rotatable bonds is 6. The summed E-state index contributed by atoms with van der Waals surface area (Å²) in [6.45, 7) is 0.731. The Balaban J connectivity index is 1.87. The second-order valence-electron chi connectivity index (χ2n) is 4.51. The zero-order valence-corrected chi connectivity index (χ0v) is 11.3. The van der Waals surface area contributed by atoms with Crippen LogP contribution in [-0.2, 0) is 6.54 Å². The molecule has 0 amide bonds. The monoisotopic (exact) mass is 275 g/mol. The SMILES string of the molecule is COc1ccc(CNCC(O)c2ccccc2)c(F)c1. The molecule has 4 heteroatoms. The minimum absolute atomic E-state index is 0.314. The predicted octanol–water partition coefficient (Wildman–Crippen LogP) is 2.66. The van der Waals surface area contributed by atoms with Crippen LogP contribution in [-0.4, -0.2) is 18.8 Å². The average molecular weight is 275 g/mol. The van der Waals surface area contributed by atoms with Crippen molar-refractivity contribution >= 4 is 0 Å². The minimum Gasteiger partial charge on any atom is -0.497 e. The van der Waals surface area contributed by atoms with E-state index in [0.717, 1.165) is 5.56 Å². The van der Waals surface area contributed by atoms with Gasteiger partial charge in [-0.25, -0.2) is 4.39 Å². The number of hydrogen-bond donors (Lipinski definition) is 2. The molecule has 0 saturated heterocycles. The maximum absolute atomic E-state index is 13.7. The highest BCUT2D eigenvalue weighted by Gasteiger charge is 2.08. The minimum atomic E-state index is -0.600. The molecule has 0 aliphatic heterocycles. The van der Waals surface area contributed by atoms with Crippen molar-refractivity contribution in [3.8, 4) is 5.75 Å². The predicted molar refractivity (Wildman–Crippen MR) is 76.1 cm³/mol. The van der Waals surface area contributed by atoms with Crippen LogP contribution in [0.3, 0.4) is 0 Å². The summed E-state index contributed by atoms with van der Waals surface area (Å²) in [6, 6.07) is 14.1. The third-order valence-corrected chi connectivity index (χ3v) is 3.10. The molecule has 0 spiro atoms. The fourth-order valence-electron chi connectivity index (χ4n) is 1.93. The molecular weight excluding hydrogens is 257 g/mol. The topological polar surface area (TPSA) is 41.5 Å². The van der Waals surface area contributed by atoms with Gasteiger partial charge in [0.25, 0.3) is 0 Å². The lowest BCUT2D eigenvalue weighted by Gasteiger charge is -2.12. The van der Waals surface area contributed by atoms with Crippen LogP contribution in [0.5, 0.6) is 5.75 Å². The second kappa shape index (κ2) is 7.03. The molecule has 2 N–H and O–H groups in total. The van der Waals surface area contributed by atoms with Crippen LogP contribution < -0.4 is 10.1 Å². The quantitative estimate of drug-likeness (QED) is 0.851. The summed E-state index contributed by atoms with van der Waals surface area (Å²) in [5.41, 5.74) is 1.39. The van der Waals surface area contributed by atoms with E-state index in [1.165, 1.54) is 13.2 Å². The van der Waals surface area contributed by atoms with Crippen molar-refractivity contribution in [2.24, 2.45) is 0 Å². The van der Waals surface area contributed by atoms with E-state index in [9.17, 15) is 9.50 Å². The lowest BCUT2D eigenvalue weighted by Crippen LogP contribution is -2.21. The zero-order valence-electron chi connectivity index (χ0n) is 11.3. The number of aliphatic hydroxyl groups is 1. The van der Waals surface area contributed by atoms with Gasteiger partial charge in [-0.1, -0.05) is 36.4 Å². The fourth-order valence-corrected chi connectivity index (χ4v) is 1.93. The third-order valence-electron chi connectivity index (χ3n) is 3.10. The van der Waals surface area contributed by atoms with Crippen LogP contribution in [0.4, 0.5) is 4.39 Å². The summed E-state index contributed by atoms with van der Waals surface area (Å²) in [7, 11) is 1.50. The second-order valence-corrected chi connectivity index (χ2v) is 4.51. The highest BCUT2D eigenvalue weighted by Crippen LogP contribution is 2.16. The Morgan fingerprint density at radius 3 is 2.60 bits per heavy atom. The van der Waals surface area contributed by atoms with Crippen molar-refractivity contribution in [3.05, 3.63) is 65.5 Å². The van der Waals surface area contributed by atoms with Gasteiger partial charge < -0.3 is 15.2 Å². The normalized spacial score (nSPS) is 12.2. The molecule has 0 aliphatic carbocycles. The molecule has 0 fully saturated rings. The van der Waals surface area contributed by atoms with Gasteiger partial charge in [-0.3, -0.25) is 0 Å². The van der Waals surface area contributed by atoms with E-state index in [2.05, 4.69) is 5.32 Å². The first-order chi connectivity index (χ1) is 9.70. The molecule has 0 aromatic heterocycles. The van der Waals surface area contributed by atoms with Crippen molar-refractivity contribution in [2.75, 3.05) is 13.7 Å². The number of ether oxygens (including phenoxy) is 1. The maximum Gasteiger partial charge on any atom is 0.131 e. The van der Waals surface area contributed by atoms with Crippen LogP contribution in [0.2, 0.25) is 0 Å². The maximum atomic E-state index is 13.7. The van der Waals surface area contributed by atoms with Crippen molar-refractivity contribution in [2.45, 2.75) is 12.6 Å². The molecule has 0 bridgehead atoms. The summed E-state index contributed by atoms with van der Waals surface area (Å²) >= 11 is 0. The first-order valence-electron chi connectivity index (χ1n) is 6.47. The van der Waals surface area contributed by atoms with Crippen molar-refractivity contribution in [1.29, 1.82) is 0 Å². The summed E-state index contributed by atoms with van der Waals surface area (Å²) in [5.74, 6) is 0.182. The van der Waals surface area contributed by atoms with Crippen LogP contribution >= 0.6 is 0 Å². The first-order valence-corrected chi connectivity index (χ1v) is 6.47. The zero-order chi connectivity index (χ0) is 14.4. The lowest BCUT2D eigenvalue weighted by molar-refractivity contribution is 0.174. The van der Waals surface area contributed by atoms with Gasteiger partial charge in [-0.05, 0) is 11.6 Å². The number of nitrogens with one attached hydrogen (secondary N) is 1. The average Bonchev–Trinajstić information content (AvgIpc) is 2.49. The van der Waals surface area contributed by atoms with Crippen molar-refractivity contribution in [3.63, 3.8) is 0 Å². The summed E-state index contributed by atoms with van der Waals surface area (Å²) in [4.78, 5) is 0. The van der Waals surface area contributed by atoms with E-state index < -0.39 is 6.10 Å². The van der Waals surface area contributed by atoms with E-state index in [0.29, 0.717) is 24.4 Å². The van der Waals surface area contributed by atoms with Gasteiger partial charge in [0, 0.05) is 24.7 Å². The van der Waals surface area contributed by atoms with Gasteiger partial charge in [0.1, 0.15) is 11.6 Å². The molecule has 3 nitrogen and oxygen atoms in total. The van der Waals surface area contributed by atoms with E-state index >= 15 is 0 Å². The molecule has 0 saturated carbocycles. The van der Waals surface area contributed by atoms with E-state index in [4.69, 9.17) is 4.74 Å². The summed E-state index contributed by atoms with van der Waals surface area (Å²) in [6.07, 6.45) is -0.600. The molecule has 0 aliphatic rings. The molecule has 1 atom stereocenters. The first kappa shape index (κ1) is 14.5. The smallest absolute Gasteiger partial charge is 0.131 e. The van der Waals surface area contributed by atoms with Crippen LogP contribution in [0.15, 0.2) is 48.5 Å². The fraction of sp³-hybridized carbons (Fsp3) is 0.250. The van der Waals surface area contributed by atoms with Crippen molar-refractivity contribution in [1.82, 2.24) is 5.32 Å². The van der Waals surface area contributed by atoms with E-state index in [1.54, 1.807) is 12.1 Å². The molecule has 1 unspecified atom stereocenters. The number of benzene rings is 2. The molecular formula is C16H18FNO2. The Bertz CT molecular complexity index is 545. The Morgan fingerprint density at radius 2 is 1.95 bits per heavy atom. The Hall–Kier alpha value is -1.91. The van der Waals surface area contributed by atoms with Gasteiger partial charge >= 0.3 is 0 Å². The number of hydrogen-bond acceptors (Lipinski definition) is 3. The molecule has 0 radical (unpaired) electrons. The standard InChI is InChI=1S/C16H18FNO2/c1-20-14-8-7-13(15(17)9-14)10-18-11-16(19)12-5-3-2-4-6-12/h2-9,16,18-19H,10-11H2,1H3. The largest absolute Gasteiger partial charge is 0.497 e. The van der Waals surface area contributed by atoms with E-state index in [-0.39, 0.29) is 5.82 Å². The molecule has 2 aromatic carbocycles. The van der Waals surface area contributed by atoms with Crippen molar-refractivity contribution < 1.29 is 14.2 Å². The third kappa shape index (κ3) is 3.79. The lowest BCUT2D eigenvalue weighted by atomic mass is 10.1. The molecule has 2 rings (SSSR count). The summed E-state index contributed by atoms with van der Waals surface area (Å²) in [5, 5.41) is 13.0. The molecule has 20 heavy (non-hydrogen) atoms. The Labute approximate surface area is 118 Å². The molecule has 0 heterocycles. The van der Waals surface area contributed by atoms with Crippen LogP contribution in [0.25, 0.3) is 0 Å². The number of halogens is 1. The van der Waals surface area contributed by atoms with E-state index in [1.807, 2.05) is 30.3 Å². The number of aliphatic hydroxyl groups excluding tert-OH is 1. The Morgan fingerprint density at radius 1 is 1.20 bits per heavy atom. The summed E-state index contributed by atoms with van der Waals surface area (Å²) < 4.78 is 18.7. The van der Waals surface area contributed by atoms with Crippen LogP contribution in [0, 0.1) is 5.82 Å². The van der Waals surface area contributed by atoms with Gasteiger partial charge in [-0.2, -0.15) is 0 Å². The van der Waals surface area contributed by atoms with Gasteiger partial charge in [0.05, 0.1) is 13.2 Å². The number of methoxy groups -OCH3 is 1. The highest BCUT2D eigenvalue weighted by molar-refractivity contribution is 5.28.